The molecule has 0 radical (unpaired) electrons. The summed E-state index contributed by atoms with van der Waals surface area (Å²) in [7, 11) is 2.14. The van der Waals surface area contributed by atoms with E-state index in [-0.39, 0.29) is 0 Å². The van der Waals surface area contributed by atoms with Crippen molar-refractivity contribution in [3.8, 4) is 22.5 Å². The van der Waals surface area contributed by atoms with Gasteiger partial charge in [0.1, 0.15) is 18.4 Å². The molecule has 25 heavy (non-hydrogen) atoms. The van der Waals surface area contributed by atoms with Crippen molar-refractivity contribution in [1.29, 1.82) is 0 Å². The zero-order valence-corrected chi connectivity index (χ0v) is 16.0. The van der Waals surface area contributed by atoms with Crippen molar-refractivity contribution < 1.29 is 4.57 Å². The molecule has 0 N–H and O–H groups in total. The van der Waals surface area contributed by atoms with Crippen LogP contribution in [0.5, 0.6) is 0 Å². The standard InChI is InChI=1S/C21H23N2.C2H6/c1-4-18-15(2)23-13-12-22(3)21(23)19-11-10-17(14-20(18)19)16-8-6-5-7-9-16;1-2/h5-15,18H,4H2,1-3H3;1-2H3/q+1;/t15-,18?;/m1./s1. The van der Waals surface area contributed by atoms with Crippen LogP contribution in [0.4, 0.5) is 0 Å². The first-order valence-corrected chi connectivity index (χ1v) is 9.47. The summed E-state index contributed by atoms with van der Waals surface area (Å²) in [5.41, 5.74) is 5.48. The minimum absolute atomic E-state index is 0.495. The first kappa shape index (κ1) is 17.5. The lowest BCUT2D eigenvalue weighted by Gasteiger charge is -2.29. The van der Waals surface area contributed by atoms with Crippen LogP contribution in [0, 0.1) is 0 Å². The summed E-state index contributed by atoms with van der Waals surface area (Å²) in [5, 5.41) is 0. The van der Waals surface area contributed by atoms with Gasteiger partial charge in [-0.05, 0) is 42.2 Å². The van der Waals surface area contributed by atoms with Gasteiger partial charge in [0.15, 0.2) is 0 Å². The average Bonchev–Trinajstić information content (AvgIpc) is 3.06. The Morgan fingerprint density at radius 3 is 2.40 bits per heavy atom. The van der Waals surface area contributed by atoms with Crippen molar-refractivity contribution in [2.45, 2.75) is 46.1 Å². The second-order valence-electron chi connectivity index (χ2n) is 6.56. The maximum absolute atomic E-state index is 2.43. The van der Waals surface area contributed by atoms with Gasteiger partial charge in [0, 0.05) is 5.92 Å². The van der Waals surface area contributed by atoms with Crippen molar-refractivity contribution in [3.63, 3.8) is 0 Å². The molecule has 0 bridgehead atoms. The van der Waals surface area contributed by atoms with Crippen LogP contribution in [0.1, 0.15) is 51.6 Å². The number of hydrogen-bond acceptors (Lipinski definition) is 0. The van der Waals surface area contributed by atoms with E-state index in [0.29, 0.717) is 12.0 Å². The molecule has 2 heteroatoms. The van der Waals surface area contributed by atoms with E-state index < -0.39 is 0 Å². The van der Waals surface area contributed by atoms with Gasteiger partial charge in [0.2, 0.25) is 0 Å². The number of benzene rings is 2. The van der Waals surface area contributed by atoms with Crippen LogP contribution in [0.15, 0.2) is 60.9 Å². The Labute approximate surface area is 151 Å². The number of rotatable bonds is 2. The summed E-state index contributed by atoms with van der Waals surface area (Å²) < 4.78 is 4.67. The van der Waals surface area contributed by atoms with E-state index in [1.54, 1.807) is 0 Å². The molecule has 3 aromatic rings. The molecule has 2 atom stereocenters. The van der Waals surface area contributed by atoms with E-state index in [1.165, 1.54) is 28.1 Å². The molecule has 1 aliphatic rings. The highest BCUT2D eigenvalue weighted by molar-refractivity contribution is 5.72. The molecule has 130 valence electrons. The summed E-state index contributed by atoms with van der Waals surface area (Å²) in [5.74, 6) is 1.88. The largest absolute Gasteiger partial charge is 0.289 e. The highest BCUT2D eigenvalue weighted by Crippen LogP contribution is 2.44. The second kappa shape index (κ2) is 7.26. The molecule has 0 saturated heterocycles. The molecule has 2 nitrogen and oxygen atoms in total. The maximum Gasteiger partial charge on any atom is 0.289 e. The van der Waals surface area contributed by atoms with Crippen LogP contribution in [0.25, 0.3) is 22.5 Å². The highest BCUT2D eigenvalue weighted by atomic mass is 15.2. The van der Waals surface area contributed by atoms with Gasteiger partial charge in [0.25, 0.3) is 5.82 Å². The molecular weight excluding hydrogens is 304 g/mol. The molecule has 0 amide bonds. The zero-order chi connectivity index (χ0) is 18.0. The van der Waals surface area contributed by atoms with Gasteiger partial charge in [-0.3, -0.25) is 0 Å². The summed E-state index contributed by atoms with van der Waals surface area (Å²) in [6.45, 7) is 8.64. The predicted octanol–water partition coefficient (Wildman–Crippen LogP) is 5.74. The topological polar surface area (TPSA) is 8.81 Å². The summed E-state index contributed by atoms with van der Waals surface area (Å²) >= 11 is 0. The lowest BCUT2D eigenvalue weighted by Crippen LogP contribution is -2.33. The molecule has 1 aliphatic heterocycles. The van der Waals surface area contributed by atoms with Crippen molar-refractivity contribution in [3.05, 3.63) is 66.5 Å². The lowest BCUT2D eigenvalue weighted by atomic mass is 9.82. The number of nitrogens with zero attached hydrogens (tertiary/aromatic N) is 2. The van der Waals surface area contributed by atoms with Gasteiger partial charge in [-0.15, -0.1) is 0 Å². The Morgan fingerprint density at radius 2 is 1.72 bits per heavy atom. The number of imidazole rings is 1. The normalized spacial score (nSPS) is 18.0. The van der Waals surface area contributed by atoms with E-state index in [0.717, 1.165) is 6.42 Å². The van der Waals surface area contributed by atoms with Crippen molar-refractivity contribution in [1.82, 2.24) is 4.57 Å². The van der Waals surface area contributed by atoms with Crippen LogP contribution in [0.2, 0.25) is 0 Å². The summed E-state index contributed by atoms with van der Waals surface area (Å²) in [4.78, 5) is 0. The molecule has 1 unspecified atom stereocenters. The molecule has 4 rings (SSSR count). The van der Waals surface area contributed by atoms with Crippen molar-refractivity contribution in [2.24, 2.45) is 7.05 Å². The molecule has 2 aromatic carbocycles. The molecular formula is C23H29N2+. The Bertz CT molecular complexity index is 846. The quantitative estimate of drug-likeness (QED) is 0.529. The smallest absolute Gasteiger partial charge is 0.233 e. The van der Waals surface area contributed by atoms with Crippen molar-refractivity contribution >= 4 is 0 Å². The van der Waals surface area contributed by atoms with Crippen LogP contribution in [-0.2, 0) is 7.05 Å². The molecule has 0 saturated carbocycles. The first-order valence-electron chi connectivity index (χ1n) is 9.47. The Kier molecular flexibility index (Phi) is 5.08. The maximum atomic E-state index is 2.43. The van der Waals surface area contributed by atoms with E-state index >= 15 is 0 Å². The van der Waals surface area contributed by atoms with Gasteiger partial charge in [-0.1, -0.05) is 57.2 Å². The third kappa shape index (κ3) is 2.90. The van der Waals surface area contributed by atoms with Gasteiger partial charge in [-0.2, -0.15) is 0 Å². The van der Waals surface area contributed by atoms with E-state index in [2.05, 4.69) is 91.0 Å². The fourth-order valence-electron chi connectivity index (χ4n) is 4.05. The first-order chi connectivity index (χ1) is 12.2. The third-order valence-electron chi connectivity index (χ3n) is 5.29. The van der Waals surface area contributed by atoms with Gasteiger partial charge in [0.05, 0.1) is 12.6 Å². The monoisotopic (exact) mass is 333 g/mol. The number of aryl methyl sites for hydroxylation is 1. The van der Waals surface area contributed by atoms with Crippen LogP contribution < -0.4 is 4.57 Å². The van der Waals surface area contributed by atoms with Gasteiger partial charge < -0.3 is 0 Å². The summed E-state index contributed by atoms with van der Waals surface area (Å²) in [6, 6.07) is 18.1. The summed E-state index contributed by atoms with van der Waals surface area (Å²) in [6.07, 6.45) is 5.54. The van der Waals surface area contributed by atoms with Crippen molar-refractivity contribution in [2.75, 3.05) is 0 Å². The molecule has 2 heterocycles. The molecule has 0 spiro atoms. The van der Waals surface area contributed by atoms with Crippen LogP contribution in [0.3, 0.4) is 0 Å². The fourth-order valence-corrected chi connectivity index (χ4v) is 4.05. The minimum atomic E-state index is 0.495. The number of aromatic nitrogens is 2. The average molecular weight is 333 g/mol. The van der Waals surface area contributed by atoms with E-state index in [1.807, 2.05) is 13.8 Å². The van der Waals surface area contributed by atoms with Crippen LogP contribution in [-0.4, -0.2) is 4.57 Å². The lowest BCUT2D eigenvalue weighted by molar-refractivity contribution is -0.659. The molecule has 1 aromatic heterocycles. The van der Waals surface area contributed by atoms with Crippen LogP contribution >= 0.6 is 0 Å². The highest BCUT2D eigenvalue weighted by Gasteiger charge is 2.36. The molecule has 0 aliphatic carbocycles. The molecule has 0 fully saturated rings. The van der Waals surface area contributed by atoms with E-state index in [4.69, 9.17) is 0 Å². The van der Waals surface area contributed by atoms with E-state index in [9.17, 15) is 0 Å². The fraction of sp³-hybridized carbons (Fsp3) is 0.348. The Balaban J connectivity index is 0.000000880. The minimum Gasteiger partial charge on any atom is -0.233 e. The number of hydrogen-bond donors (Lipinski definition) is 0. The van der Waals surface area contributed by atoms with Gasteiger partial charge >= 0.3 is 0 Å². The Hall–Kier alpha value is -2.35. The third-order valence-corrected chi connectivity index (χ3v) is 5.29. The predicted molar refractivity (Wildman–Crippen MR) is 106 cm³/mol. The Morgan fingerprint density at radius 1 is 1.00 bits per heavy atom. The second-order valence-corrected chi connectivity index (χ2v) is 6.56. The SMILES string of the molecule is CC.CCC1c2cc(-c3ccccc3)ccc2-c2n(cc[n+]2C)[C@@H]1C. The van der Waals surface area contributed by atoms with Gasteiger partial charge in [-0.25, -0.2) is 9.13 Å². The number of fused-ring (bicyclic) bond motifs is 3. The zero-order valence-electron chi connectivity index (χ0n) is 16.0.